The van der Waals surface area contributed by atoms with Crippen molar-refractivity contribution in [3.63, 3.8) is 0 Å². The molecule has 0 unspecified atom stereocenters. The third kappa shape index (κ3) is 3.06. The van der Waals surface area contributed by atoms with Crippen molar-refractivity contribution in [1.82, 2.24) is 19.1 Å². The summed E-state index contributed by atoms with van der Waals surface area (Å²) in [6, 6.07) is 0. The van der Waals surface area contributed by atoms with Gasteiger partial charge in [0, 0.05) is 26.2 Å². The number of rotatable bonds is 7. The number of fused-ring (bicyclic) bond motifs is 1. The Morgan fingerprint density at radius 2 is 2.05 bits per heavy atom. The highest BCUT2D eigenvalue weighted by Crippen LogP contribution is 2.16. The summed E-state index contributed by atoms with van der Waals surface area (Å²) in [6.07, 6.45) is 0.585. The van der Waals surface area contributed by atoms with Crippen LogP contribution in [0.4, 0.5) is 5.95 Å². The van der Waals surface area contributed by atoms with Crippen LogP contribution in [0.2, 0.25) is 0 Å². The fourth-order valence-corrected chi connectivity index (χ4v) is 2.43. The number of H-pyrrole nitrogens is 1. The lowest BCUT2D eigenvalue weighted by atomic mass is 10.2. The Morgan fingerprint density at radius 3 is 2.64 bits per heavy atom. The summed E-state index contributed by atoms with van der Waals surface area (Å²) < 4.78 is 3.26. The molecule has 0 amide bonds. The van der Waals surface area contributed by atoms with E-state index in [4.69, 9.17) is 5.11 Å². The van der Waals surface area contributed by atoms with Crippen molar-refractivity contribution in [1.29, 1.82) is 0 Å². The first-order chi connectivity index (χ1) is 10.5. The molecule has 0 aromatic carbocycles. The molecule has 2 heterocycles. The minimum absolute atomic E-state index is 0.0813. The van der Waals surface area contributed by atoms with E-state index in [1.165, 1.54) is 4.57 Å². The molecule has 2 rings (SSSR count). The Labute approximate surface area is 127 Å². The van der Waals surface area contributed by atoms with Crippen molar-refractivity contribution in [2.45, 2.75) is 40.3 Å². The molecule has 122 valence electrons. The largest absolute Gasteiger partial charge is 0.396 e. The lowest BCUT2D eigenvalue weighted by Gasteiger charge is -2.09. The standard InChI is InChI=1S/C14H23N5O3/c1-4-18-10-11(16-13(18)15-6-5-7-20)19(8-9(2)3)14(22)17-12(10)21/h9,20H,4-8H2,1-3H3,(H,15,16)(H,17,21,22). The Kier molecular flexibility index (Phi) is 5.02. The van der Waals surface area contributed by atoms with E-state index in [0.717, 1.165) is 0 Å². The third-order valence-electron chi connectivity index (χ3n) is 3.37. The van der Waals surface area contributed by atoms with Crippen molar-refractivity contribution in [2.75, 3.05) is 18.5 Å². The van der Waals surface area contributed by atoms with Crippen LogP contribution in [-0.2, 0) is 13.1 Å². The van der Waals surface area contributed by atoms with E-state index < -0.39 is 11.2 Å². The minimum atomic E-state index is -0.436. The number of hydrogen-bond acceptors (Lipinski definition) is 5. The smallest absolute Gasteiger partial charge is 0.330 e. The molecule has 0 aliphatic carbocycles. The average Bonchev–Trinajstić information content (AvgIpc) is 2.82. The number of aromatic nitrogens is 4. The zero-order valence-electron chi connectivity index (χ0n) is 13.2. The zero-order valence-corrected chi connectivity index (χ0v) is 13.2. The van der Waals surface area contributed by atoms with E-state index in [-0.39, 0.29) is 12.5 Å². The molecule has 0 radical (unpaired) electrons. The van der Waals surface area contributed by atoms with Crippen molar-refractivity contribution in [3.8, 4) is 0 Å². The first kappa shape index (κ1) is 16.3. The Bertz CT molecular complexity index is 756. The highest BCUT2D eigenvalue weighted by molar-refractivity contribution is 5.74. The van der Waals surface area contributed by atoms with Gasteiger partial charge >= 0.3 is 5.69 Å². The van der Waals surface area contributed by atoms with E-state index in [2.05, 4.69) is 15.3 Å². The molecule has 0 spiro atoms. The predicted molar refractivity (Wildman–Crippen MR) is 85.3 cm³/mol. The van der Waals surface area contributed by atoms with Crippen LogP contribution in [0, 0.1) is 5.92 Å². The fourth-order valence-electron chi connectivity index (χ4n) is 2.43. The average molecular weight is 309 g/mol. The van der Waals surface area contributed by atoms with Gasteiger partial charge in [0.05, 0.1) is 0 Å². The summed E-state index contributed by atoms with van der Waals surface area (Å²) in [5, 5.41) is 12.0. The molecule has 0 fully saturated rings. The van der Waals surface area contributed by atoms with Crippen LogP contribution in [-0.4, -0.2) is 37.4 Å². The SMILES string of the molecule is CCn1c(NCCCO)nc2c1c(=O)[nH]c(=O)n2CC(C)C. The number of nitrogens with one attached hydrogen (secondary N) is 2. The molecular weight excluding hydrogens is 286 g/mol. The van der Waals surface area contributed by atoms with Crippen LogP contribution >= 0.6 is 0 Å². The van der Waals surface area contributed by atoms with E-state index in [9.17, 15) is 9.59 Å². The molecule has 2 aromatic rings. The summed E-state index contributed by atoms with van der Waals surface area (Å²) in [5.41, 5.74) is -0.0662. The topological polar surface area (TPSA) is 105 Å². The van der Waals surface area contributed by atoms with Crippen LogP contribution in [0.15, 0.2) is 9.59 Å². The van der Waals surface area contributed by atoms with Crippen LogP contribution in [0.1, 0.15) is 27.2 Å². The lowest BCUT2D eigenvalue weighted by molar-refractivity contribution is 0.292. The van der Waals surface area contributed by atoms with Crippen molar-refractivity contribution < 1.29 is 5.11 Å². The number of aryl methyl sites for hydroxylation is 1. The highest BCUT2D eigenvalue weighted by atomic mass is 16.3. The first-order valence-electron chi connectivity index (χ1n) is 7.57. The predicted octanol–water partition coefficient (Wildman–Crippen LogP) is 0.356. The van der Waals surface area contributed by atoms with Gasteiger partial charge in [-0.3, -0.25) is 14.3 Å². The summed E-state index contributed by atoms with van der Waals surface area (Å²) in [4.78, 5) is 31.0. The van der Waals surface area contributed by atoms with Crippen LogP contribution < -0.4 is 16.6 Å². The number of aliphatic hydroxyl groups is 1. The van der Waals surface area contributed by atoms with Gasteiger partial charge in [0.1, 0.15) is 0 Å². The Balaban J connectivity index is 2.62. The van der Waals surface area contributed by atoms with Crippen LogP contribution in [0.25, 0.3) is 11.2 Å². The minimum Gasteiger partial charge on any atom is -0.396 e. The van der Waals surface area contributed by atoms with E-state index >= 15 is 0 Å². The fraction of sp³-hybridized carbons (Fsp3) is 0.643. The number of anilines is 1. The van der Waals surface area contributed by atoms with Gasteiger partial charge in [-0.15, -0.1) is 0 Å². The molecule has 0 aliphatic rings. The number of aromatic amines is 1. The van der Waals surface area contributed by atoms with Gasteiger partial charge in [0.15, 0.2) is 11.2 Å². The second-order valence-corrected chi connectivity index (χ2v) is 5.62. The maximum Gasteiger partial charge on any atom is 0.330 e. The second-order valence-electron chi connectivity index (χ2n) is 5.62. The van der Waals surface area contributed by atoms with Crippen molar-refractivity contribution in [2.24, 2.45) is 5.92 Å². The van der Waals surface area contributed by atoms with Gasteiger partial charge in [-0.25, -0.2) is 4.79 Å². The Morgan fingerprint density at radius 1 is 1.32 bits per heavy atom. The molecule has 22 heavy (non-hydrogen) atoms. The summed E-state index contributed by atoms with van der Waals surface area (Å²) in [5.74, 6) is 0.795. The maximum absolute atomic E-state index is 12.2. The van der Waals surface area contributed by atoms with Gasteiger partial charge in [-0.05, 0) is 19.3 Å². The van der Waals surface area contributed by atoms with Crippen LogP contribution in [0.5, 0.6) is 0 Å². The van der Waals surface area contributed by atoms with Gasteiger partial charge in [-0.2, -0.15) is 4.98 Å². The molecule has 0 atom stereocenters. The van der Waals surface area contributed by atoms with E-state index in [1.807, 2.05) is 20.8 Å². The molecule has 0 bridgehead atoms. The molecule has 0 saturated heterocycles. The zero-order chi connectivity index (χ0) is 16.3. The van der Waals surface area contributed by atoms with Crippen molar-refractivity contribution in [3.05, 3.63) is 20.8 Å². The Hall–Kier alpha value is -2.09. The molecular formula is C14H23N5O3. The molecule has 2 aromatic heterocycles. The van der Waals surface area contributed by atoms with Gasteiger partial charge in [0.2, 0.25) is 5.95 Å². The van der Waals surface area contributed by atoms with Gasteiger partial charge in [0.25, 0.3) is 5.56 Å². The quantitative estimate of drug-likeness (QED) is 0.640. The van der Waals surface area contributed by atoms with Crippen molar-refractivity contribution >= 4 is 17.1 Å². The number of aliphatic hydroxyl groups excluding tert-OH is 1. The maximum atomic E-state index is 12.2. The summed E-state index contributed by atoms with van der Waals surface area (Å²) in [7, 11) is 0. The molecule has 0 aliphatic heterocycles. The van der Waals surface area contributed by atoms with E-state index in [1.54, 1.807) is 4.57 Å². The molecule has 0 saturated carbocycles. The third-order valence-corrected chi connectivity index (χ3v) is 3.37. The van der Waals surface area contributed by atoms with Gasteiger partial charge in [-0.1, -0.05) is 13.8 Å². The van der Waals surface area contributed by atoms with Gasteiger partial charge < -0.3 is 15.0 Å². The second kappa shape index (κ2) is 6.78. The molecule has 8 heteroatoms. The van der Waals surface area contributed by atoms with E-state index in [0.29, 0.717) is 43.2 Å². The van der Waals surface area contributed by atoms with Crippen LogP contribution in [0.3, 0.4) is 0 Å². The number of hydrogen-bond donors (Lipinski definition) is 3. The number of imidazole rings is 1. The molecule has 8 nitrogen and oxygen atoms in total. The molecule has 3 N–H and O–H groups in total. The summed E-state index contributed by atoms with van der Waals surface area (Å²) in [6.45, 7) is 7.59. The normalized spacial score (nSPS) is 11.5. The first-order valence-corrected chi connectivity index (χ1v) is 7.57. The monoisotopic (exact) mass is 309 g/mol. The summed E-state index contributed by atoms with van der Waals surface area (Å²) >= 11 is 0. The highest BCUT2D eigenvalue weighted by Gasteiger charge is 2.17. The lowest BCUT2D eigenvalue weighted by Crippen LogP contribution is -2.32. The number of nitrogens with zero attached hydrogens (tertiary/aromatic N) is 3.